The molecule has 1 amide bonds. The third-order valence-electron chi connectivity index (χ3n) is 6.24. The van der Waals surface area contributed by atoms with Crippen LogP contribution in [0.15, 0.2) is 53.3 Å². The number of halogens is 1. The number of Topliss-reactive ketones (excluding diaryl/α,β-unsaturated/α-hetero) is 1. The second kappa shape index (κ2) is 12.3. The monoisotopic (exact) mass is 526 g/mol. The van der Waals surface area contributed by atoms with E-state index in [1.165, 1.54) is 4.68 Å². The fourth-order valence-corrected chi connectivity index (χ4v) is 4.52. The van der Waals surface area contributed by atoms with E-state index >= 15 is 0 Å². The summed E-state index contributed by atoms with van der Waals surface area (Å²) in [6.07, 6.45) is 1.26. The third kappa shape index (κ3) is 6.90. The van der Waals surface area contributed by atoms with E-state index in [2.05, 4.69) is 5.32 Å². The quantitative estimate of drug-likeness (QED) is 0.331. The lowest BCUT2D eigenvalue weighted by atomic mass is 9.82. The van der Waals surface area contributed by atoms with Crippen LogP contribution in [0.2, 0.25) is 5.02 Å². The van der Waals surface area contributed by atoms with Crippen LogP contribution in [0, 0.1) is 5.41 Å². The molecular weight excluding hydrogens is 492 g/mol. The van der Waals surface area contributed by atoms with Crippen LogP contribution in [-0.2, 0) is 18.3 Å². The van der Waals surface area contributed by atoms with Crippen molar-refractivity contribution in [2.75, 3.05) is 18.5 Å². The molecule has 0 unspecified atom stereocenters. The lowest BCUT2D eigenvalue weighted by Gasteiger charge is -2.23. The Hall–Kier alpha value is -3.36. The number of benzene rings is 2. The van der Waals surface area contributed by atoms with Crippen LogP contribution in [0.5, 0.6) is 5.75 Å². The summed E-state index contributed by atoms with van der Waals surface area (Å²) in [4.78, 5) is 39.3. The van der Waals surface area contributed by atoms with E-state index < -0.39 is 5.41 Å². The molecule has 9 heteroatoms. The summed E-state index contributed by atoms with van der Waals surface area (Å²) in [5.41, 5.74) is 7.00. The van der Waals surface area contributed by atoms with E-state index in [9.17, 15) is 14.4 Å². The van der Waals surface area contributed by atoms with Crippen molar-refractivity contribution in [2.24, 2.45) is 18.2 Å². The van der Waals surface area contributed by atoms with Gasteiger partial charge in [-0.05, 0) is 55.6 Å². The molecule has 0 aliphatic heterocycles. The smallest absolute Gasteiger partial charge is 0.295 e. The molecule has 0 saturated heterocycles. The van der Waals surface area contributed by atoms with Gasteiger partial charge in [-0.15, -0.1) is 0 Å². The first-order valence-corrected chi connectivity index (χ1v) is 12.8. The van der Waals surface area contributed by atoms with Gasteiger partial charge in [-0.25, -0.2) is 4.68 Å². The molecule has 2 aromatic carbocycles. The van der Waals surface area contributed by atoms with Gasteiger partial charge in [-0.3, -0.25) is 19.1 Å². The number of nitrogens with two attached hydrogens (primary N) is 1. The van der Waals surface area contributed by atoms with Crippen LogP contribution >= 0.6 is 11.6 Å². The molecule has 0 bridgehead atoms. The number of hydrogen-bond acceptors (Lipinski definition) is 5. The number of nitrogens with one attached hydrogen (secondary N) is 1. The molecular formula is C28H35ClN4O4. The van der Waals surface area contributed by atoms with Crippen molar-refractivity contribution < 1.29 is 14.3 Å². The number of anilines is 1. The molecule has 0 atom stereocenters. The summed E-state index contributed by atoms with van der Waals surface area (Å²) in [6.45, 7) is 6.47. The van der Waals surface area contributed by atoms with E-state index in [0.717, 1.165) is 0 Å². The maximum Gasteiger partial charge on any atom is 0.295 e. The Labute approximate surface area is 222 Å². The number of hydrogen-bond donors (Lipinski definition) is 2. The lowest BCUT2D eigenvalue weighted by molar-refractivity contribution is -0.118. The van der Waals surface area contributed by atoms with Crippen LogP contribution < -0.4 is 21.3 Å². The average molecular weight is 527 g/mol. The number of aromatic nitrogens is 2. The highest BCUT2D eigenvalue weighted by molar-refractivity contribution is 6.31. The molecule has 8 nitrogen and oxygen atoms in total. The van der Waals surface area contributed by atoms with E-state index in [4.69, 9.17) is 22.1 Å². The van der Waals surface area contributed by atoms with Gasteiger partial charge in [0.2, 0.25) is 5.91 Å². The van der Waals surface area contributed by atoms with Crippen molar-refractivity contribution in [3.63, 3.8) is 0 Å². The number of amides is 1. The van der Waals surface area contributed by atoms with E-state index in [1.54, 1.807) is 29.9 Å². The van der Waals surface area contributed by atoms with E-state index in [-0.39, 0.29) is 35.8 Å². The largest absolute Gasteiger partial charge is 0.493 e. The van der Waals surface area contributed by atoms with Gasteiger partial charge in [0.25, 0.3) is 5.56 Å². The van der Waals surface area contributed by atoms with Crippen LogP contribution in [-0.4, -0.2) is 34.2 Å². The van der Waals surface area contributed by atoms with Crippen molar-refractivity contribution in [1.82, 2.24) is 9.36 Å². The zero-order valence-corrected chi connectivity index (χ0v) is 22.6. The molecule has 0 spiro atoms. The van der Waals surface area contributed by atoms with Crippen LogP contribution in [0.4, 0.5) is 5.69 Å². The van der Waals surface area contributed by atoms with Crippen LogP contribution in [0.25, 0.3) is 5.69 Å². The fourth-order valence-electron chi connectivity index (χ4n) is 4.35. The van der Waals surface area contributed by atoms with Crippen LogP contribution in [0.3, 0.4) is 0 Å². The number of ketones is 1. The van der Waals surface area contributed by atoms with Crippen molar-refractivity contribution in [3.05, 3.63) is 75.2 Å². The maximum atomic E-state index is 13.3. The van der Waals surface area contributed by atoms with Crippen molar-refractivity contribution >= 4 is 29.0 Å². The van der Waals surface area contributed by atoms with Gasteiger partial charge in [0.05, 0.1) is 23.6 Å². The number of nitrogens with zero attached hydrogens (tertiary/aromatic N) is 2. The number of ether oxygens (including phenoxy) is 1. The minimum Gasteiger partial charge on any atom is -0.493 e. The predicted octanol–water partition coefficient (Wildman–Crippen LogP) is 4.75. The Morgan fingerprint density at radius 3 is 2.49 bits per heavy atom. The highest BCUT2D eigenvalue weighted by Crippen LogP contribution is 2.31. The fraction of sp³-hybridized carbons (Fsp3) is 0.393. The second-order valence-corrected chi connectivity index (χ2v) is 10.2. The topological polar surface area (TPSA) is 108 Å². The molecule has 3 rings (SSSR count). The lowest BCUT2D eigenvalue weighted by Crippen LogP contribution is -2.26. The van der Waals surface area contributed by atoms with Crippen molar-refractivity contribution in [1.29, 1.82) is 0 Å². The molecule has 0 aliphatic carbocycles. The Morgan fingerprint density at radius 2 is 1.84 bits per heavy atom. The Kier molecular flexibility index (Phi) is 9.34. The average Bonchev–Trinajstić information content (AvgIpc) is 3.08. The number of carbonyl (C=O) groups is 2. The van der Waals surface area contributed by atoms with Gasteiger partial charge in [-0.2, -0.15) is 0 Å². The highest BCUT2D eigenvalue weighted by atomic mass is 35.5. The molecule has 37 heavy (non-hydrogen) atoms. The number of para-hydroxylation sites is 1. The molecule has 0 saturated carbocycles. The summed E-state index contributed by atoms with van der Waals surface area (Å²) in [5.74, 6) is 0.105. The summed E-state index contributed by atoms with van der Waals surface area (Å²) in [6, 6.07) is 14.2. The first-order valence-electron chi connectivity index (χ1n) is 12.4. The Morgan fingerprint density at radius 1 is 1.14 bits per heavy atom. The molecule has 1 aromatic heterocycles. The minimum atomic E-state index is -0.495. The second-order valence-electron chi connectivity index (χ2n) is 9.72. The van der Waals surface area contributed by atoms with Gasteiger partial charge in [0.15, 0.2) is 5.78 Å². The van der Waals surface area contributed by atoms with Gasteiger partial charge in [0.1, 0.15) is 11.4 Å². The highest BCUT2D eigenvalue weighted by Gasteiger charge is 2.27. The SMILES string of the molecule is CCOc1ccc(Cl)cc1C(=O)CCC(C)(C)CC(=O)Nc1c(CCN)n(C)n(-c2ccccc2)c1=O. The van der Waals surface area contributed by atoms with E-state index in [0.29, 0.717) is 53.7 Å². The summed E-state index contributed by atoms with van der Waals surface area (Å²) in [5, 5.41) is 3.29. The Balaban J connectivity index is 1.73. The molecule has 3 aromatic rings. The molecule has 1 heterocycles. The summed E-state index contributed by atoms with van der Waals surface area (Å²) in [7, 11) is 1.77. The van der Waals surface area contributed by atoms with Crippen LogP contribution in [0.1, 0.15) is 56.1 Å². The van der Waals surface area contributed by atoms with E-state index in [1.807, 2.05) is 51.1 Å². The minimum absolute atomic E-state index is 0.0986. The molecule has 3 N–H and O–H groups in total. The third-order valence-corrected chi connectivity index (χ3v) is 6.48. The van der Waals surface area contributed by atoms with Gasteiger partial charge < -0.3 is 15.8 Å². The normalized spacial score (nSPS) is 11.4. The van der Waals surface area contributed by atoms with Crippen molar-refractivity contribution in [3.8, 4) is 11.4 Å². The zero-order valence-electron chi connectivity index (χ0n) is 21.8. The Bertz CT molecular complexity index is 1310. The molecule has 0 aliphatic rings. The van der Waals surface area contributed by atoms with Crippen molar-refractivity contribution in [2.45, 2.75) is 46.5 Å². The van der Waals surface area contributed by atoms with Gasteiger partial charge in [-0.1, -0.05) is 43.6 Å². The van der Waals surface area contributed by atoms with Gasteiger partial charge >= 0.3 is 0 Å². The zero-order chi connectivity index (χ0) is 27.2. The first kappa shape index (κ1) is 28.2. The molecule has 198 valence electrons. The number of rotatable bonds is 12. The first-order chi connectivity index (χ1) is 17.6. The van der Waals surface area contributed by atoms with Gasteiger partial charge in [0, 0.05) is 31.3 Å². The summed E-state index contributed by atoms with van der Waals surface area (Å²) >= 11 is 6.10. The standard InChI is InChI=1S/C28H35ClN4O4/c1-5-37-24-12-11-19(29)17-21(24)23(34)13-15-28(2,3)18-25(35)31-26-22(14-16-30)32(4)33(27(26)36)20-9-7-6-8-10-20/h6-12,17H,5,13-16,18,30H2,1-4H3,(H,31,35). The number of carbonyl (C=O) groups excluding carboxylic acids is 2. The predicted molar refractivity (Wildman–Crippen MR) is 147 cm³/mol. The molecule has 0 radical (unpaired) electrons. The molecule has 0 fully saturated rings. The summed E-state index contributed by atoms with van der Waals surface area (Å²) < 4.78 is 8.82. The maximum absolute atomic E-state index is 13.3.